The molecule has 0 spiro atoms. The monoisotopic (exact) mass is 149 g/mol. The van der Waals surface area contributed by atoms with Gasteiger partial charge in [-0.15, -0.1) is 0 Å². The van der Waals surface area contributed by atoms with Crippen LogP contribution in [0.2, 0.25) is 0 Å². The first-order valence-corrected chi connectivity index (χ1v) is 4.79. The molecule has 1 heterocycles. The standard InChI is InChI=1S/C5H11NO2S/c1-2-5(6)3-9(7,8)4-5/h2-4,6H2,1H3. The molecule has 0 radical (unpaired) electrons. The van der Waals surface area contributed by atoms with Crippen molar-refractivity contribution >= 4 is 9.84 Å². The molecule has 0 aromatic heterocycles. The highest BCUT2D eigenvalue weighted by molar-refractivity contribution is 7.93. The minimum Gasteiger partial charge on any atom is -0.323 e. The van der Waals surface area contributed by atoms with Gasteiger partial charge in [0.1, 0.15) is 0 Å². The molecule has 1 aliphatic heterocycles. The highest BCUT2D eigenvalue weighted by Crippen LogP contribution is 2.23. The van der Waals surface area contributed by atoms with Crippen LogP contribution in [0.3, 0.4) is 0 Å². The summed E-state index contributed by atoms with van der Waals surface area (Å²) in [6, 6.07) is 0. The molecule has 0 amide bonds. The van der Waals surface area contributed by atoms with E-state index in [4.69, 9.17) is 5.73 Å². The highest BCUT2D eigenvalue weighted by atomic mass is 32.2. The van der Waals surface area contributed by atoms with E-state index in [9.17, 15) is 8.42 Å². The molecule has 9 heavy (non-hydrogen) atoms. The van der Waals surface area contributed by atoms with Crippen LogP contribution < -0.4 is 5.73 Å². The van der Waals surface area contributed by atoms with E-state index in [0.29, 0.717) is 0 Å². The van der Waals surface area contributed by atoms with Gasteiger partial charge in [-0.2, -0.15) is 0 Å². The van der Waals surface area contributed by atoms with Gasteiger partial charge >= 0.3 is 0 Å². The third-order valence-corrected chi connectivity index (χ3v) is 3.75. The molecule has 0 unspecified atom stereocenters. The molecule has 1 rings (SSSR count). The number of rotatable bonds is 1. The van der Waals surface area contributed by atoms with Gasteiger partial charge in [-0.1, -0.05) is 6.92 Å². The summed E-state index contributed by atoms with van der Waals surface area (Å²) < 4.78 is 21.2. The van der Waals surface area contributed by atoms with Gasteiger partial charge in [0.2, 0.25) is 0 Å². The topological polar surface area (TPSA) is 60.2 Å². The zero-order valence-corrected chi connectivity index (χ0v) is 6.24. The molecule has 1 aliphatic rings. The molecule has 0 aromatic carbocycles. The first-order valence-electron chi connectivity index (χ1n) is 2.97. The normalized spacial score (nSPS) is 29.1. The Morgan fingerprint density at radius 2 is 2.00 bits per heavy atom. The molecule has 0 saturated carbocycles. The Kier molecular flexibility index (Phi) is 1.33. The number of hydrogen-bond donors (Lipinski definition) is 1. The Labute approximate surface area is 55.2 Å². The Bertz CT molecular complexity index is 195. The van der Waals surface area contributed by atoms with Crippen molar-refractivity contribution in [2.24, 2.45) is 5.73 Å². The Hall–Kier alpha value is -0.0900. The van der Waals surface area contributed by atoms with Crippen LogP contribution in [-0.4, -0.2) is 25.5 Å². The second-order valence-electron chi connectivity index (χ2n) is 2.75. The van der Waals surface area contributed by atoms with Gasteiger partial charge in [0.05, 0.1) is 11.5 Å². The second kappa shape index (κ2) is 1.70. The quantitative estimate of drug-likeness (QED) is 0.548. The molecule has 0 aromatic rings. The summed E-state index contributed by atoms with van der Waals surface area (Å²) in [5.74, 6) is 0.354. The number of nitrogens with two attached hydrogens (primary N) is 1. The van der Waals surface area contributed by atoms with Gasteiger partial charge in [-0.3, -0.25) is 0 Å². The van der Waals surface area contributed by atoms with Gasteiger partial charge < -0.3 is 5.73 Å². The summed E-state index contributed by atoms with van der Waals surface area (Å²) in [5.41, 5.74) is 5.21. The Morgan fingerprint density at radius 1 is 1.56 bits per heavy atom. The van der Waals surface area contributed by atoms with Crippen LogP contribution in [0.5, 0.6) is 0 Å². The fraction of sp³-hybridized carbons (Fsp3) is 1.00. The maximum atomic E-state index is 10.6. The van der Waals surface area contributed by atoms with Crippen molar-refractivity contribution in [3.8, 4) is 0 Å². The predicted molar refractivity (Wildman–Crippen MR) is 35.9 cm³/mol. The van der Waals surface area contributed by atoms with Crippen molar-refractivity contribution in [1.29, 1.82) is 0 Å². The van der Waals surface area contributed by atoms with E-state index in [1.54, 1.807) is 0 Å². The fourth-order valence-corrected chi connectivity index (χ4v) is 3.11. The van der Waals surface area contributed by atoms with E-state index >= 15 is 0 Å². The van der Waals surface area contributed by atoms with Crippen molar-refractivity contribution in [3.63, 3.8) is 0 Å². The number of sulfone groups is 1. The molecular formula is C5H11NO2S. The summed E-state index contributed by atoms with van der Waals surface area (Å²) >= 11 is 0. The average Bonchev–Trinajstić information content (AvgIpc) is 1.61. The average molecular weight is 149 g/mol. The van der Waals surface area contributed by atoms with E-state index in [2.05, 4.69) is 0 Å². The Morgan fingerprint density at radius 3 is 2.11 bits per heavy atom. The first kappa shape index (κ1) is 7.02. The van der Waals surface area contributed by atoms with Crippen LogP contribution in [-0.2, 0) is 9.84 Å². The maximum Gasteiger partial charge on any atom is 0.153 e. The lowest BCUT2D eigenvalue weighted by Gasteiger charge is -2.36. The van der Waals surface area contributed by atoms with Gasteiger partial charge in [-0.05, 0) is 6.42 Å². The molecule has 1 fully saturated rings. The molecule has 4 heteroatoms. The van der Waals surface area contributed by atoms with E-state index in [-0.39, 0.29) is 11.5 Å². The molecular weight excluding hydrogens is 138 g/mol. The summed E-state index contributed by atoms with van der Waals surface area (Å²) in [6.45, 7) is 1.91. The summed E-state index contributed by atoms with van der Waals surface area (Å²) in [4.78, 5) is 0. The Balaban J connectivity index is 2.61. The summed E-state index contributed by atoms with van der Waals surface area (Å²) in [5, 5.41) is 0. The van der Waals surface area contributed by atoms with Crippen LogP contribution in [0.25, 0.3) is 0 Å². The fourth-order valence-electron chi connectivity index (χ4n) is 1.04. The van der Waals surface area contributed by atoms with Gasteiger partial charge in [0, 0.05) is 5.54 Å². The van der Waals surface area contributed by atoms with Crippen LogP contribution in [0.15, 0.2) is 0 Å². The van der Waals surface area contributed by atoms with E-state index in [1.165, 1.54) is 0 Å². The lowest BCUT2D eigenvalue weighted by Crippen LogP contribution is -2.60. The van der Waals surface area contributed by atoms with E-state index < -0.39 is 15.4 Å². The van der Waals surface area contributed by atoms with Crippen molar-refractivity contribution in [2.45, 2.75) is 18.9 Å². The van der Waals surface area contributed by atoms with Crippen LogP contribution in [0.1, 0.15) is 13.3 Å². The van der Waals surface area contributed by atoms with Crippen molar-refractivity contribution in [1.82, 2.24) is 0 Å². The van der Waals surface area contributed by atoms with Crippen molar-refractivity contribution in [3.05, 3.63) is 0 Å². The minimum absolute atomic E-state index is 0.177. The highest BCUT2D eigenvalue weighted by Gasteiger charge is 2.43. The predicted octanol–water partition coefficient (Wildman–Crippen LogP) is -0.478. The third kappa shape index (κ3) is 1.24. The van der Waals surface area contributed by atoms with Crippen LogP contribution in [0, 0.1) is 0 Å². The van der Waals surface area contributed by atoms with E-state index in [1.807, 2.05) is 6.92 Å². The lowest BCUT2D eigenvalue weighted by atomic mass is 10.0. The third-order valence-electron chi connectivity index (χ3n) is 1.72. The zero-order chi connectivity index (χ0) is 7.12. The van der Waals surface area contributed by atoms with Gasteiger partial charge in [0.25, 0.3) is 0 Å². The molecule has 0 bridgehead atoms. The molecule has 2 N–H and O–H groups in total. The zero-order valence-electron chi connectivity index (χ0n) is 5.42. The maximum absolute atomic E-state index is 10.6. The largest absolute Gasteiger partial charge is 0.323 e. The van der Waals surface area contributed by atoms with Crippen molar-refractivity contribution in [2.75, 3.05) is 11.5 Å². The summed E-state index contributed by atoms with van der Waals surface area (Å²) in [7, 11) is -2.73. The van der Waals surface area contributed by atoms with Crippen LogP contribution in [0.4, 0.5) is 0 Å². The summed E-state index contributed by atoms with van der Waals surface area (Å²) in [6.07, 6.45) is 0.756. The van der Waals surface area contributed by atoms with Gasteiger partial charge in [-0.25, -0.2) is 8.42 Å². The number of hydrogen-bond acceptors (Lipinski definition) is 3. The molecule has 0 atom stereocenters. The molecule has 3 nitrogen and oxygen atoms in total. The second-order valence-corrected chi connectivity index (χ2v) is 4.81. The van der Waals surface area contributed by atoms with Crippen LogP contribution >= 0.6 is 0 Å². The van der Waals surface area contributed by atoms with Gasteiger partial charge in [0.15, 0.2) is 9.84 Å². The first-order chi connectivity index (χ1) is 3.97. The minimum atomic E-state index is -2.73. The van der Waals surface area contributed by atoms with Crippen molar-refractivity contribution < 1.29 is 8.42 Å². The SMILES string of the molecule is CCC1(N)CS(=O)(=O)C1. The van der Waals surface area contributed by atoms with E-state index in [0.717, 1.165) is 6.42 Å². The molecule has 1 saturated heterocycles. The smallest absolute Gasteiger partial charge is 0.153 e. The lowest BCUT2D eigenvalue weighted by molar-refractivity contribution is 0.443. The molecule has 0 aliphatic carbocycles. The molecule has 54 valence electrons.